The molecule has 0 N–H and O–H groups in total. The molecule has 0 saturated carbocycles. The number of benzene rings is 3. The van der Waals surface area contributed by atoms with Crippen LogP contribution in [0.15, 0.2) is 72.8 Å². The van der Waals surface area contributed by atoms with E-state index in [2.05, 4.69) is 11.0 Å². The number of urea groups is 1. The van der Waals surface area contributed by atoms with Gasteiger partial charge in [0.15, 0.2) is 0 Å². The van der Waals surface area contributed by atoms with Crippen LogP contribution < -0.4 is 4.90 Å². The summed E-state index contributed by atoms with van der Waals surface area (Å²) in [6.45, 7) is 3.53. The molecule has 0 aliphatic carbocycles. The van der Waals surface area contributed by atoms with Gasteiger partial charge in [0, 0.05) is 48.6 Å². The summed E-state index contributed by atoms with van der Waals surface area (Å²) in [7, 11) is 0. The van der Waals surface area contributed by atoms with E-state index in [1.165, 1.54) is 0 Å². The van der Waals surface area contributed by atoms with Gasteiger partial charge in [0.1, 0.15) is 5.54 Å². The van der Waals surface area contributed by atoms with Crippen molar-refractivity contribution in [2.45, 2.75) is 37.8 Å². The number of nitrogens with zero attached hydrogens (tertiary/aromatic N) is 4. The second-order valence-corrected chi connectivity index (χ2v) is 11.3. The smallest absolute Gasteiger partial charge is 0.332 e. The maximum Gasteiger partial charge on any atom is 0.332 e. The van der Waals surface area contributed by atoms with E-state index in [-0.39, 0.29) is 56.1 Å². The zero-order valence-corrected chi connectivity index (χ0v) is 25.9. The quantitative estimate of drug-likeness (QED) is 0.197. The number of esters is 1. The topological polar surface area (TPSA) is 93.9 Å². The number of anilines is 1. The number of carbonyl (C=O) groups is 3. The van der Waals surface area contributed by atoms with Gasteiger partial charge in [0.05, 0.1) is 23.9 Å². The van der Waals surface area contributed by atoms with Gasteiger partial charge in [0.2, 0.25) is 0 Å². The SMILES string of the molecule is CCOC(=O)CCCN1C(=O)N(c2cc(Cl)cc(Cl)c2)C(=O)C12CN(Cc1ccccc1)CC2c1ccc(C#N)cc1.Cl. The van der Waals surface area contributed by atoms with Crippen molar-refractivity contribution < 1.29 is 19.1 Å². The fourth-order valence-corrected chi connectivity index (χ4v) is 6.56. The van der Waals surface area contributed by atoms with Crippen LogP contribution >= 0.6 is 35.6 Å². The Morgan fingerprint density at radius 3 is 2.35 bits per heavy atom. The molecule has 0 radical (unpaired) electrons. The number of amides is 3. The van der Waals surface area contributed by atoms with Crippen LogP contribution in [0, 0.1) is 11.3 Å². The second kappa shape index (κ2) is 13.8. The summed E-state index contributed by atoms with van der Waals surface area (Å²) in [5.41, 5.74) is 1.44. The van der Waals surface area contributed by atoms with E-state index in [1.54, 1.807) is 42.2 Å². The first-order chi connectivity index (χ1) is 20.3. The Morgan fingerprint density at radius 1 is 1.05 bits per heavy atom. The van der Waals surface area contributed by atoms with Crippen LogP contribution in [0.3, 0.4) is 0 Å². The van der Waals surface area contributed by atoms with Crippen molar-refractivity contribution in [1.82, 2.24) is 9.80 Å². The van der Waals surface area contributed by atoms with Gasteiger partial charge >= 0.3 is 12.0 Å². The minimum atomic E-state index is -1.27. The van der Waals surface area contributed by atoms with Crippen LogP contribution in [-0.4, -0.2) is 59.5 Å². The van der Waals surface area contributed by atoms with Crippen LogP contribution in [0.5, 0.6) is 0 Å². The molecular weight excluding hydrogens is 611 g/mol. The Labute approximate surface area is 267 Å². The van der Waals surface area contributed by atoms with Gasteiger partial charge in [-0.2, -0.15) is 5.26 Å². The number of hydrogen-bond acceptors (Lipinski definition) is 6. The van der Waals surface area contributed by atoms with Gasteiger partial charge < -0.3 is 9.64 Å². The number of likely N-dealkylation sites (tertiary alicyclic amines) is 1. The van der Waals surface area contributed by atoms with E-state index >= 15 is 0 Å². The maximum atomic E-state index is 14.7. The van der Waals surface area contributed by atoms with Crippen molar-refractivity contribution in [3.05, 3.63) is 99.5 Å². The minimum absolute atomic E-state index is 0. The maximum absolute atomic E-state index is 14.7. The summed E-state index contributed by atoms with van der Waals surface area (Å²) in [5, 5.41) is 9.98. The molecule has 5 rings (SSSR count). The molecule has 2 heterocycles. The largest absolute Gasteiger partial charge is 0.466 e. The van der Waals surface area contributed by atoms with Gasteiger partial charge in [-0.15, -0.1) is 12.4 Å². The molecule has 2 saturated heterocycles. The number of halogens is 3. The highest BCUT2D eigenvalue weighted by Gasteiger charge is 2.65. The first-order valence-electron chi connectivity index (χ1n) is 13.8. The number of carbonyl (C=O) groups excluding carboxylic acids is 3. The van der Waals surface area contributed by atoms with Gasteiger partial charge in [-0.05, 0) is 54.8 Å². The molecule has 2 aliphatic rings. The van der Waals surface area contributed by atoms with Crippen molar-refractivity contribution in [3.63, 3.8) is 0 Å². The zero-order chi connectivity index (χ0) is 29.9. The fraction of sp³-hybridized carbons (Fsp3) is 0.312. The molecule has 2 atom stereocenters. The lowest BCUT2D eigenvalue weighted by Gasteiger charge is -2.36. The second-order valence-electron chi connectivity index (χ2n) is 10.5. The predicted octanol–water partition coefficient (Wildman–Crippen LogP) is 6.44. The summed E-state index contributed by atoms with van der Waals surface area (Å²) in [6, 6.07) is 23.4. The number of nitriles is 1. The van der Waals surface area contributed by atoms with Crippen molar-refractivity contribution in [3.8, 4) is 6.07 Å². The molecule has 8 nitrogen and oxygen atoms in total. The van der Waals surface area contributed by atoms with Gasteiger partial charge in [0.25, 0.3) is 5.91 Å². The Bertz CT molecular complexity index is 1510. The molecule has 2 fully saturated rings. The Balaban J connectivity index is 0.00000423. The molecule has 3 aromatic rings. The minimum Gasteiger partial charge on any atom is -0.466 e. The van der Waals surface area contributed by atoms with E-state index in [9.17, 15) is 19.6 Å². The summed E-state index contributed by atoms with van der Waals surface area (Å²) in [6.07, 6.45) is 0.433. The summed E-state index contributed by atoms with van der Waals surface area (Å²) >= 11 is 12.6. The molecule has 2 aliphatic heterocycles. The van der Waals surface area contributed by atoms with Crippen molar-refractivity contribution >= 4 is 59.2 Å². The highest BCUT2D eigenvalue weighted by atomic mass is 35.5. The third-order valence-electron chi connectivity index (χ3n) is 7.82. The average molecular weight is 642 g/mol. The molecule has 2 unspecified atom stereocenters. The standard InChI is InChI=1S/C32H30Cl2N4O4.ClH/c1-2-42-29(39)9-6-14-37-31(41)38(27-16-25(33)15-26(34)17-27)30(40)32(37)21-36(19-23-7-4-3-5-8-23)20-28(32)24-12-10-22(18-35)11-13-24;/h3-5,7-8,10-13,15-17,28H,2,6,9,14,19-21H2,1H3;1H. The number of ether oxygens (including phenoxy) is 1. The first kappa shape index (κ1) is 32.3. The van der Waals surface area contributed by atoms with Crippen LogP contribution in [0.4, 0.5) is 10.5 Å². The zero-order valence-electron chi connectivity index (χ0n) is 23.5. The summed E-state index contributed by atoms with van der Waals surface area (Å²) in [5.74, 6) is -1.15. The van der Waals surface area contributed by atoms with Crippen LogP contribution in [0.25, 0.3) is 0 Å². The van der Waals surface area contributed by atoms with E-state index < -0.39 is 17.5 Å². The van der Waals surface area contributed by atoms with Gasteiger partial charge in [-0.1, -0.05) is 65.7 Å². The molecule has 224 valence electrons. The third-order valence-corrected chi connectivity index (χ3v) is 8.26. The first-order valence-corrected chi connectivity index (χ1v) is 14.6. The molecule has 3 aromatic carbocycles. The van der Waals surface area contributed by atoms with E-state index in [4.69, 9.17) is 27.9 Å². The summed E-state index contributed by atoms with van der Waals surface area (Å²) < 4.78 is 5.10. The predicted molar refractivity (Wildman–Crippen MR) is 168 cm³/mol. The molecule has 0 bridgehead atoms. The van der Waals surface area contributed by atoms with E-state index in [0.29, 0.717) is 35.1 Å². The Kier molecular flexibility index (Phi) is 10.4. The molecule has 0 aromatic heterocycles. The molecule has 43 heavy (non-hydrogen) atoms. The Hall–Kier alpha value is -3.61. The third kappa shape index (κ3) is 6.51. The fourth-order valence-electron chi connectivity index (χ4n) is 6.04. The van der Waals surface area contributed by atoms with Gasteiger partial charge in [-0.3, -0.25) is 14.5 Å². The highest BCUT2D eigenvalue weighted by molar-refractivity contribution is 6.35. The molecule has 3 amide bonds. The van der Waals surface area contributed by atoms with Crippen molar-refractivity contribution in [2.24, 2.45) is 0 Å². The highest BCUT2D eigenvalue weighted by Crippen LogP contribution is 2.47. The van der Waals surface area contributed by atoms with Crippen LogP contribution in [0.2, 0.25) is 10.0 Å². The molecular formula is C32H31Cl3N4O4. The number of imide groups is 1. The van der Waals surface area contributed by atoms with Crippen LogP contribution in [-0.2, 0) is 20.9 Å². The van der Waals surface area contributed by atoms with Crippen molar-refractivity contribution in [1.29, 1.82) is 5.26 Å². The average Bonchev–Trinajstić information content (AvgIpc) is 3.44. The summed E-state index contributed by atoms with van der Waals surface area (Å²) in [4.78, 5) is 46.0. The lowest BCUT2D eigenvalue weighted by atomic mass is 9.80. The number of hydrogen-bond donors (Lipinski definition) is 0. The molecule has 11 heteroatoms. The lowest BCUT2D eigenvalue weighted by molar-refractivity contribution is -0.143. The Morgan fingerprint density at radius 2 is 1.72 bits per heavy atom. The normalized spacial score (nSPS) is 19.9. The number of rotatable bonds is 9. The van der Waals surface area contributed by atoms with Crippen LogP contribution in [0.1, 0.15) is 42.4 Å². The van der Waals surface area contributed by atoms with Crippen molar-refractivity contribution in [2.75, 3.05) is 31.1 Å². The lowest BCUT2D eigenvalue weighted by Crippen LogP contribution is -2.55. The van der Waals surface area contributed by atoms with E-state index in [1.807, 2.05) is 42.5 Å². The van der Waals surface area contributed by atoms with E-state index in [0.717, 1.165) is 16.0 Å². The van der Waals surface area contributed by atoms with Gasteiger partial charge in [-0.25, -0.2) is 9.69 Å². The monoisotopic (exact) mass is 640 g/mol. The molecule has 1 spiro atoms.